The maximum Gasteiger partial charge on any atom is 0.0739 e. The molecule has 0 aromatic heterocycles. The third-order valence-corrected chi connectivity index (χ3v) is 1.13. The van der Waals surface area contributed by atoms with Gasteiger partial charge in [0.1, 0.15) is 0 Å². The zero-order valence-electron chi connectivity index (χ0n) is 3.52. The van der Waals surface area contributed by atoms with Crippen molar-refractivity contribution < 1.29 is 5.11 Å². The van der Waals surface area contributed by atoms with Crippen molar-refractivity contribution in [3.63, 3.8) is 0 Å². The molecular weight excluding hydrogens is 78.0 g/mol. The number of hydrogen-bond donors (Lipinski definition) is 2. The smallest absolute Gasteiger partial charge is 0.0739 e. The third kappa shape index (κ3) is 0.420. The molecule has 1 unspecified atom stereocenters. The molecule has 1 aliphatic carbocycles. The average molecular weight is 86.1 g/mol. The first-order valence-corrected chi connectivity index (χ1v) is 2.10. The van der Waals surface area contributed by atoms with E-state index in [0.717, 1.165) is 18.9 Å². The van der Waals surface area contributed by atoms with E-state index in [1.54, 1.807) is 0 Å². The number of nitrogens with two attached hydrogens (primary N) is 1. The van der Waals surface area contributed by atoms with E-state index in [-0.39, 0.29) is 6.10 Å². The predicted molar refractivity (Wildman–Crippen MR) is 22.7 cm³/mol. The highest BCUT2D eigenvalue weighted by Gasteiger charge is 2.24. The molecule has 0 saturated heterocycles. The first-order chi connectivity index (χ1) is 2.80. The van der Waals surface area contributed by atoms with Gasteiger partial charge in [0.25, 0.3) is 0 Å². The van der Waals surface area contributed by atoms with Gasteiger partial charge in [0.15, 0.2) is 0 Å². The van der Waals surface area contributed by atoms with Crippen molar-refractivity contribution in [2.75, 3.05) is 0 Å². The Bertz CT molecular complexity index is 47.5. The zero-order valence-corrected chi connectivity index (χ0v) is 3.52. The summed E-state index contributed by atoms with van der Waals surface area (Å²) in [7, 11) is 0. The fourth-order valence-corrected chi connectivity index (χ4v) is 0.440. The van der Waals surface area contributed by atoms with Gasteiger partial charge in [-0.05, 0) is 12.8 Å². The molecule has 0 aromatic rings. The lowest BCUT2D eigenvalue weighted by Gasteiger charge is -2.26. The van der Waals surface area contributed by atoms with Crippen LogP contribution in [0.15, 0.2) is 0 Å². The van der Waals surface area contributed by atoms with Crippen LogP contribution in [0.4, 0.5) is 0 Å². The molecule has 6 heavy (non-hydrogen) atoms. The molecule has 1 saturated carbocycles. The number of hydrogen-bond acceptors (Lipinski definition) is 2. The molecule has 0 bridgehead atoms. The van der Waals surface area contributed by atoms with E-state index in [0.29, 0.717) is 0 Å². The van der Waals surface area contributed by atoms with Crippen molar-refractivity contribution in [1.29, 1.82) is 0 Å². The summed E-state index contributed by atoms with van der Waals surface area (Å²) in [5, 5.41) is 8.55. The Labute approximate surface area is 37.0 Å². The van der Waals surface area contributed by atoms with Gasteiger partial charge in [-0.3, -0.25) is 0 Å². The number of aliphatic hydroxyl groups excluding tert-OH is 1. The van der Waals surface area contributed by atoms with Gasteiger partial charge in [-0.2, -0.15) is 0 Å². The Kier molecular flexibility index (Phi) is 0.821. The molecule has 2 heteroatoms. The number of rotatable bonds is 0. The van der Waals surface area contributed by atoms with Crippen LogP contribution < -0.4 is 5.73 Å². The Morgan fingerprint density at radius 1 is 1.83 bits per heavy atom. The normalized spacial score (nSPS) is 36.0. The largest absolute Gasteiger partial charge is 0.391 e. The Balaban J connectivity index is 2.20. The minimum absolute atomic E-state index is 0.273. The molecule has 35 valence electrons. The summed E-state index contributed by atoms with van der Waals surface area (Å²) < 4.78 is 0. The Hall–Kier alpha value is -0.0800. The van der Waals surface area contributed by atoms with Crippen molar-refractivity contribution in [1.82, 2.24) is 0 Å². The molecule has 0 aliphatic heterocycles. The lowest BCUT2D eigenvalue weighted by atomic mass is 9.90. The summed E-state index contributed by atoms with van der Waals surface area (Å²) >= 11 is 0. The molecule has 0 aromatic carbocycles. The molecule has 0 heterocycles. The topological polar surface area (TPSA) is 46.2 Å². The lowest BCUT2D eigenvalue weighted by molar-refractivity contribution is 0.120. The minimum atomic E-state index is -0.273. The minimum Gasteiger partial charge on any atom is -0.391 e. The van der Waals surface area contributed by atoms with Crippen LogP contribution in [0.5, 0.6) is 0 Å². The average Bonchev–Trinajstić information content (AvgIpc) is 1.61. The summed E-state index contributed by atoms with van der Waals surface area (Å²) in [6, 6.07) is 0.745. The predicted octanol–water partition coefficient (Wildman–Crippen LogP) is -0.368. The van der Waals surface area contributed by atoms with E-state index in [4.69, 9.17) is 10.8 Å². The molecule has 1 radical (unpaired) electrons. The van der Waals surface area contributed by atoms with Crippen LogP contribution in [-0.2, 0) is 0 Å². The van der Waals surface area contributed by atoms with Crippen molar-refractivity contribution in [2.45, 2.75) is 18.9 Å². The zero-order chi connectivity index (χ0) is 4.57. The summed E-state index contributed by atoms with van der Waals surface area (Å²) in [5.41, 5.74) is 5.19. The maximum atomic E-state index is 8.55. The van der Waals surface area contributed by atoms with Crippen molar-refractivity contribution in [2.24, 2.45) is 5.73 Å². The molecule has 1 fully saturated rings. The van der Waals surface area contributed by atoms with Gasteiger partial charge in [-0.15, -0.1) is 0 Å². The van der Waals surface area contributed by atoms with Crippen LogP contribution in [-0.4, -0.2) is 11.2 Å². The van der Waals surface area contributed by atoms with E-state index in [2.05, 4.69) is 0 Å². The van der Waals surface area contributed by atoms with Gasteiger partial charge in [0.05, 0.1) is 12.1 Å². The quantitative estimate of drug-likeness (QED) is 0.422. The van der Waals surface area contributed by atoms with E-state index >= 15 is 0 Å². The van der Waals surface area contributed by atoms with Gasteiger partial charge < -0.3 is 10.8 Å². The molecule has 1 atom stereocenters. The third-order valence-electron chi connectivity index (χ3n) is 1.13. The van der Waals surface area contributed by atoms with Crippen LogP contribution in [0, 0.1) is 6.04 Å². The van der Waals surface area contributed by atoms with E-state index < -0.39 is 0 Å². The number of aliphatic hydroxyl groups is 1. The Morgan fingerprint density at radius 3 is 2.33 bits per heavy atom. The van der Waals surface area contributed by atoms with Gasteiger partial charge >= 0.3 is 0 Å². The van der Waals surface area contributed by atoms with Crippen LogP contribution in [0.2, 0.25) is 0 Å². The van der Waals surface area contributed by atoms with E-state index in [1.165, 1.54) is 0 Å². The molecule has 2 nitrogen and oxygen atoms in total. The van der Waals surface area contributed by atoms with Crippen LogP contribution in [0.3, 0.4) is 0 Å². The van der Waals surface area contributed by atoms with Crippen molar-refractivity contribution >= 4 is 0 Å². The standard InChI is InChI=1S/C4H8NO/c5-3-1-2-4(3)6/h4,6H,1-2,5H2. The fourth-order valence-electron chi connectivity index (χ4n) is 0.440. The Morgan fingerprint density at radius 2 is 2.33 bits per heavy atom. The molecule has 0 amide bonds. The fraction of sp³-hybridized carbons (Fsp3) is 0.750. The highest BCUT2D eigenvalue weighted by atomic mass is 16.3. The molecule has 1 aliphatic rings. The summed E-state index contributed by atoms with van der Waals surface area (Å²) in [6.45, 7) is 0. The van der Waals surface area contributed by atoms with Gasteiger partial charge in [0.2, 0.25) is 0 Å². The molecule has 0 spiro atoms. The van der Waals surface area contributed by atoms with Gasteiger partial charge in [-0.25, -0.2) is 0 Å². The molecular formula is C4H8NO. The SMILES string of the molecule is N[C]1CCC1O. The second-order valence-electron chi connectivity index (χ2n) is 1.63. The summed E-state index contributed by atoms with van der Waals surface area (Å²) in [6.07, 6.45) is 1.51. The second-order valence-corrected chi connectivity index (χ2v) is 1.63. The highest BCUT2D eigenvalue weighted by Crippen LogP contribution is 2.22. The first kappa shape index (κ1) is 4.09. The maximum absolute atomic E-state index is 8.55. The first-order valence-electron chi connectivity index (χ1n) is 2.10. The van der Waals surface area contributed by atoms with Crippen molar-refractivity contribution in [3.8, 4) is 0 Å². The van der Waals surface area contributed by atoms with Crippen LogP contribution in [0.1, 0.15) is 12.8 Å². The van der Waals surface area contributed by atoms with Crippen LogP contribution >= 0.6 is 0 Å². The monoisotopic (exact) mass is 86.1 g/mol. The van der Waals surface area contributed by atoms with Crippen LogP contribution in [0.25, 0.3) is 0 Å². The van der Waals surface area contributed by atoms with E-state index in [1.807, 2.05) is 0 Å². The van der Waals surface area contributed by atoms with Gasteiger partial charge in [-0.1, -0.05) is 0 Å². The lowest BCUT2D eigenvalue weighted by Crippen LogP contribution is -2.35. The van der Waals surface area contributed by atoms with E-state index in [9.17, 15) is 0 Å². The second kappa shape index (κ2) is 1.21. The van der Waals surface area contributed by atoms with Crippen molar-refractivity contribution in [3.05, 3.63) is 6.04 Å². The highest BCUT2D eigenvalue weighted by molar-refractivity contribution is 5.00. The van der Waals surface area contributed by atoms with Gasteiger partial charge in [0, 0.05) is 0 Å². The summed E-state index contributed by atoms with van der Waals surface area (Å²) in [5.74, 6) is 0. The molecule has 3 N–H and O–H groups in total. The summed E-state index contributed by atoms with van der Waals surface area (Å²) in [4.78, 5) is 0. The molecule has 1 rings (SSSR count).